The summed E-state index contributed by atoms with van der Waals surface area (Å²) in [6.45, 7) is 6.20. The van der Waals surface area contributed by atoms with Gasteiger partial charge in [-0.05, 0) is 36.7 Å². The van der Waals surface area contributed by atoms with Crippen LogP contribution in [0.4, 0.5) is 5.69 Å². The maximum atomic E-state index is 12.0. The molecule has 0 aliphatic rings. The first-order valence-corrected chi connectivity index (χ1v) is 6.79. The van der Waals surface area contributed by atoms with E-state index in [0.717, 1.165) is 0 Å². The maximum Gasteiger partial charge on any atom is 0.283 e. The van der Waals surface area contributed by atoms with Crippen molar-refractivity contribution in [3.8, 4) is 0 Å². The Hall–Kier alpha value is -0.920. The molecule has 0 fully saturated rings. The lowest BCUT2D eigenvalue weighted by Crippen LogP contribution is -2.42. The van der Waals surface area contributed by atoms with E-state index in [4.69, 9.17) is 4.74 Å². The molecule has 1 aromatic rings. The van der Waals surface area contributed by atoms with Gasteiger partial charge in [0.2, 0.25) is 0 Å². The summed E-state index contributed by atoms with van der Waals surface area (Å²) in [6, 6.07) is 0. The van der Waals surface area contributed by atoms with E-state index in [-0.39, 0.29) is 5.56 Å². The van der Waals surface area contributed by atoms with Gasteiger partial charge in [0.25, 0.3) is 5.56 Å². The molecule has 0 amide bonds. The molecular formula is C12H20BrN3O3. The van der Waals surface area contributed by atoms with Gasteiger partial charge in [0.1, 0.15) is 4.47 Å². The predicted octanol–water partition coefficient (Wildman–Crippen LogP) is 1.22. The van der Waals surface area contributed by atoms with Crippen LogP contribution < -0.4 is 10.9 Å². The lowest BCUT2D eigenvalue weighted by atomic mass is 9.98. The highest BCUT2D eigenvalue weighted by molar-refractivity contribution is 9.10. The first-order chi connectivity index (χ1) is 8.79. The van der Waals surface area contributed by atoms with Crippen molar-refractivity contribution in [1.29, 1.82) is 0 Å². The third-order valence-electron chi connectivity index (χ3n) is 2.99. The number of hydrogen-bond acceptors (Lipinski definition) is 5. The zero-order valence-corrected chi connectivity index (χ0v) is 13.2. The largest absolute Gasteiger partial charge is 0.391 e. The number of hydrogen-bond donors (Lipinski definition) is 2. The van der Waals surface area contributed by atoms with Gasteiger partial charge in [-0.25, -0.2) is 4.68 Å². The van der Waals surface area contributed by atoms with Gasteiger partial charge in [0.05, 0.1) is 36.7 Å². The number of rotatable bonds is 6. The molecule has 1 unspecified atom stereocenters. The van der Waals surface area contributed by atoms with Crippen LogP contribution in [0.15, 0.2) is 15.5 Å². The molecule has 1 atom stereocenters. The average molecular weight is 334 g/mol. The maximum absolute atomic E-state index is 12.0. The van der Waals surface area contributed by atoms with Crippen molar-refractivity contribution in [3.63, 3.8) is 0 Å². The summed E-state index contributed by atoms with van der Waals surface area (Å²) in [5.41, 5.74) is -0.233. The number of nitrogens with one attached hydrogen (secondary N) is 1. The first kappa shape index (κ1) is 16.1. The van der Waals surface area contributed by atoms with Crippen LogP contribution in [0, 0.1) is 0 Å². The standard InChI is InChI=1S/C12H20BrN3O3/c1-8(17)12(2,3)15-9-7-14-16(5-6-19-4)11(18)10(9)13/h7-8,15,17H,5-6H2,1-4H3. The van der Waals surface area contributed by atoms with Gasteiger partial charge >= 0.3 is 0 Å². The topological polar surface area (TPSA) is 76.4 Å². The van der Waals surface area contributed by atoms with E-state index in [1.165, 1.54) is 4.68 Å². The van der Waals surface area contributed by atoms with Crippen LogP contribution in [-0.2, 0) is 11.3 Å². The minimum atomic E-state index is -0.574. The van der Waals surface area contributed by atoms with Gasteiger partial charge in [-0.2, -0.15) is 5.10 Å². The molecule has 0 saturated carbocycles. The van der Waals surface area contributed by atoms with Gasteiger partial charge in [-0.15, -0.1) is 0 Å². The van der Waals surface area contributed by atoms with Gasteiger partial charge in [-0.1, -0.05) is 0 Å². The fraction of sp³-hybridized carbons (Fsp3) is 0.667. The average Bonchev–Trinajstić information content (AvgIpc) is 2.34. The van der Waals surface area contributed by atoms with Crippen LogP contribution in [0.3, 0.4) is 0 Å². The molecule has 0 aliphatic carbocycles. The molecule has 7 heteroatoms. The lowest BCUT2D eigenvalue weighted by Gasteiger charge is -2.30. The molecule has 0 radical (unpaired) electrons. The Morgan fingerprint density at radius 2 is 2.26 bits per heavy atom. The summed E-state index contributed by atoms with van der Waals surface area (Å²) in [5, 5.41) is 16.9. The van der Waals surface area contributed by atoms with Crippen LogP contribution in [0.1, 0.15) is 20.8 Å². The number of methoxy groups -OCH3 is 1. The van der Waals surface area contributed by atoms with Crippen molar-refractivity contribution >= 4 is 21.6 Å². The molecule has 2 N–H and O–H groups in total. The monoisotopic (exact) mass is 333 g/mol. The second kappa shape index (κ2) is 6.49. The lowest BCUT2D eigenvalue weighted by molar-refractivity contribution is 0.133. The van der Waals surface area contributed by atoms with Crippen LogP contribution >= 0.6 is 15.9 Å². The van der Waals surface area contributed by atoms with Gasteiger partial charge < -0.3 is 15.2 Å². The molecule has 108 valence electrons. The van der Waals surface area contributed by atoms with Gasteiger partial charge in [0, 0.05) is 7.11 Å². The summed E-state index contributed by atoms with van der Waals surface area (Å²) >= 11 is 3.27. The number of aromatic nitrogens is 2. The Bertz CT molecular complexity index is 486. The third-order valence-corrected chi connectivity index (χ3v) is 3.76. The van der Waals surface area contributed by atoms with Crippen LogP contribution in [0.5, 0.6) is 0 Å². The normalized spacial score (nSPS) is 13.4. The van der Waals surface area contributed by atoms with E-state index in [1.54, 1.807) is 20.2 Å². The summed E-state index contributed by atoms with van der Waals surface area (Å²) in [5.74, 6) is 0. The molecule has 0 aromatic carbocycles. The fourth-order valence-corrected chi connectivity index (χ4v) is 1.75. The van der Waals surface area contributed by atoms with Crippen LogP contribution in [0.2, 0.25) is 0 Å². The quantitative estimate of drug-likeness (QED) is 0.818. The Morgan fingerprint density at radius 3 is 2.79 bits per heavy atom. The molecule has 0 spiro atoms. The van der Waals surface area contributed by atoms with Crippen molar-refractivity contribution in [2.75, 3.05) is 19.0 Å². The summed E-state index contributed by atoms with van der Waals surface area (Å²) in [7, 11) is 1.57. The number of nitrogens with zero attached hydrogens (tertiary/aromatic N) is 2. The fourth-order valence-electron chi connectivity index (χ4n) is 1.34. The van der Waals surface area contributed by atoms with E-state index < -0.39 is 11.6 Å². The Morgan fingerprint density at radius 1 is 1.63 bits per heavy atom. The Kier molecular flexibility index (Phi) is 5.51. The van der Waals surface area contributed by atoms with Crippen molar-refractivity contribution in [2.45, 2.75) is 39.0 Å². The first-order valence-electron chi connectivity index (χ1n) is 6.00. The summed E-state index contributed by atoms with van der Waals surface area (Å²) in [6.07, 6.45) is 0.987. The number of ether oxygens (including phenoxy) is 1. The summed E-state index contributed by atoms with van der Waals surface area (Å²) in [4.78, 5) is 12.0. The number of halogens is 1. The molecule has 1 heterocycles. The van der Waals surface area contributed by atoms with E-state index in [1.807, 2.05) is 13.8 Å². The van der Waals surface area contributed by atoms with Crippen LogP contribution in [0.25, 0.3) is 0 Å². The van der Waals surface area contributed by atoms with Gasteiger partial charge in [-0.3, -0.25) is 4.79 Å². The zero-order valence-electron chi connectivity index (χ0n) is 11.6. The van der Waals surface area contributed by atoms with E-state index >= 15 is 0 Å². The van der Waals surface area contributed by atoms with E-state index in [0.29, 0.717) is 23.3 Å². The Balaban J connectivity index is 3.00. The predicted molar refractivity (Wildman–Crippen MR) is 77.5 cm³/mol. The second-order valence-corrected chi connectivity index (χ2v) is 5.71. The minimum Gasteiger partial charge on any atom is -0.391 e. The van der Waals surface area contributed by atoms with Crippen molar-refractivity contribution in [2.24, 2.45) is 0 Å². The van der Waals surface area contributed by atoms with Crippen LogP contribution in [-0.4, -0.2) is 40.2 Å². The molecule has 1 rings (SSSR count). The number of aliphatic hydroxyl groups is 1. The second-order valence-electron chi connectivity index (χ2n) is 4.92. The highest BCUT2D eigenvalue weighted by atomic mass is 79.9. The molecule has 1 aromatic heterocycles. The number of anilines is 1. The molecule has 19 heavy (non-hydrogen) atoms. The van der Waals surface area contributed by atoms with E-state index in [9.17, 15) is 9.90 Å². The number of aliphatic hydroxyl groups excluding tert-OH is 1. The highest BCUT2D eigenvalue weighted by Gasteiger charge is 2.25. The third kappa shape index (κ3) is 4.02. The highest BCUT2D eigenvalue weighted by Crippen LogP contribution is 2.22. The minimum absolute atomic E-state index is 0.233. The molecule has 0 saturated heterocycles. The molecule has 0 aliphatic heterocycles. The summed E-state index contributed by atoms with van der Waals surface area (Å²) < 4.78 is 6.64. The van der Waals surface area contributed by atoms with E-state index in [2.05, 4.69) is 26.3 Å². The molecular weight excluding hydrogens is 314 g/mol. The Labute approximate surface area is 120 Å². The smallest absolute Gasteiger partial charge is 0.283 e. The SMILES string of the molecule is COCCn1ncc(NC(C)(C)C(C)O)c(Br)c1=O. The van der Waals surface area contributed by atoms with Crippen molar-refractivity contribution < 1.29 is 9.84 Å². The molecule has 6 nitrogen and oxygen atoms in total. The molecule has 0 bridgehead atoms. The van der Waals surface area contributed by atoms with Gasteiger partial charge in [0.15, 0.2) is 0 Å². The van der Waals surface area contributed by atoms with Crippen molar-refractivity contribution in [3.05, 3.63) is 21.0 Å². The van der Waals surface area contributed by atoms with Crippen molar-refractivity contribution in [1.82, 2.24) is 9.78 Å². The zero-order chi connectivity index (χ0) is 14.6.